The maximum atomic E-state index is 13.5. The Hall–Kier alpha value is -3.98. The van der Waals surface area contributed by atoms with Crippen molar-refractivity contribution in [3.8, 4) is 11.4 Å². The summed E-state index contributed by atoms with van der Waals surface area (Å²) in [5.74, 6) is 4.91. The van der Waals surface area contributed by atoms with E-state index >= 15 is 0 Å². The zero-order valence-electron chi connectivity index (χ0n) is 15.2. The molecule has 9 heteroatoms. The fraction of sp³-hybridized carbons (Fsp3) is 0.0500. The maximum absolute atomic E-state index is 13.5. The predicted molar refractivity (Wildman–Crippen MR) is 106 cm³/mol. The van der Waals surface area contributed by atoms with Crippen LogP contribution in [0.1, 0.15) is 15.9 Å². The molecular formula is C20H17FN6O2. The molecule has 0 aliphatic rings. The molecule has 2 aromatic carbocycles. The van der Waals surface area contributed by atoms with Gasteiger partial charge in [0.1, 0.15) is 12.4 Å². The zero-order chi connectivity index (χ0) is 20.4. The first-order chi connectivity index (χ1) is 14.0. The number of nitrogen functional groups attached to an aromatic ring is 2. The van der Waals surface area contributed by atoms with Crippen molar-refractivity contribution < 1.29 is 13.9 Å². The van der Waals surface area contributed by atoms with Crippen LogP contribution < -0.4 is 21.7 Å². The number of nitrogens with one attached hydrogen (secondary N) is 1. The minimum Gasteiger partial charge on any atom is -0.485 e. The lowest BCUT2D eigenvalue weighted by Gasteiger charge is -2.14. The number of aromatic nitrogens is 3. The molecule has 2 aromatic heterocycles. The van der Waals surface area contributed by atoms with Crippen LogP contribution >= 0.6 is 0 Å². The van der Waals surface area contributed by atoms with E-state index in [4.69, 9.17) is 16.3 Å². The van der Waals surface area contributed by atoms with Crippen LogP contribution in [0.15, 0.2) is 60.9 Å². The first kappa shape index (κ1) is 18.4. The van der Waals surface area contributed by atoms with Crippen LogP contribution in [0.5, 0.6) is 5.75 Å². The van der Waals surface area contributed by atoms with Gasteiger partial charge in [0.25, 0.3) is 5.91 Å². The summed E-state index contributed by atoms with van der Waals surface area (Å²) in [7, 11) is 0. The molecule has 0 unspecified atom stereocenters. The van der Waals surface area contributed by atoms with Crippen molar-refractivity contribution in [1.82, 2.24) is 20.2 Å². The zero-order valence-corrected chi connectivity index (χ0v) is 15.2. The third-order valence-electron chi connectivity index (χ3n) is 4.38. The van der Waals surface area contributed by atoms with E-state index in [9.17, 15) is 9.18 Å². The van der Waals surface area contributed by atoms with Crippen molar-refractivity contribution >= 4 is 22.6 Å². The van der Waals surface area contributed by atoms with Crippen molar-refractivity contribution in [2.75, 3.05) is 5.73 Å². The van der Waals surface area contributed by atoms with E-state index in [-0.39, 0.29) is 18.2 Å². The standard InChI is InChI=1S/C20H17FN6O2/c21-15-3-4-16-13(9-15)10-18(19(22)25-16)29-11-14-8-12(20(28)26-23)2-5-17(14)27-7-1-6-24-27/h1-10H,11,23H2,(H2,22,25)(H,26,28). The molecule has 0 bridgehead atoms. The summed E-state index contributed by atoms with van der Waals surface area (Å²) in [5, 5.41) is 4.79. The molecule has 0 aliphatic carbocycles. The molecule has 8 nitrogen and oxygen atoms in total. The Bertz CT molecular complexity index is 1190. The van der Waals surface area contributed by atoms with Crippen LogP contribution in [-0.2, 0) is 6.61 Å². The molecule has 0 radical (unpaired) electrons. The maximum Gasteiger partial charge on any atom is 0.265 e. The molecule has 0 saturated heterocycles. The first-order valence-corrected chi connectivity index (χ1v) is 8.67. The number of hydrogen-bond acceptors (Lipinski definition) is 6. The summed E-state index contributed by atoms with van der Waals surface area (Å²) < 4.78 is 21.0. The summed E-state index contributed by atoms with van der Waals surface area (Å²) in [6.45, 7) is 0.0770. The molecule has 4 rings (SSSR count). The number of hydrazine groups is 1. The Kier molecular flexibility index (Phi) is 4.80. The van der Waals surface area contributed by atoms with Crippen LogP contribution in [0.4, 0.5) is 10.2 Å². The number of ether oxygens (including phenoxy) is 1. The normalized spacial score (nSPS) is 10.8. The Morgan fingerprint density at radius 1 is 1.21 bits per heavy atom. The Balaban J connectivity index is 1.69. The minimum absolute atomic E-state index is 0.0770. The van der Waals surface area contributed by atoms with E-state index in [2.05, 4.69) is 15.5 Å². The molecule has 29 heavy (non-hydrogen) atoms. The van der Waals surface area contributed by atoms with E-state index < -0.39 is 5.91 Å². The number of nitrogens with two attached hydrogens (primary N) is 2. The highest BCUT2D eigenvalue weighted by atomic mass is 19.1. The smallest absolute Gasteiger partial charge is 0.265 e. The number of nitrogens with zero attached hydrogens (tertiary/aromatic N) is 3. The monoisotopic (exact) mass is 392 g/mol. The van der Waals surface area contributed by atoms with Gasteiger partial charge in [0.2, 0.25) is 0 Å². The lowest BCUT2D eigenvalue weighted by Crippen LogP contribution is -2.30. The van der Waals surface area contributed by atoms with Crippen LogP contribution in [0.2, 0.25) is 0 Å². The number of benzene rings is 2. The van der Waals surface area contributed by atoms with Crippen molar-refractivity contribution in [3.05, 3.63) is 77.9 Å². The molecular weight excluding hydrogens is 375 g/mol. The van der Waals surface area contributed by atoms with Crippen LogP contribution in [-0.4, -0.2) is 20.7 Å². The molecule has 0 spiro atoms. The van der Waals surface area contributed by atoms with Crippen molar-refractivity contribution in [1.29, 1.82) is 0 Å². The fourth-order valence-electron chi connectivity index (χ4n) is 2.97. The molecule has 4 aromatic rings. The average molecular weight is 392 g/mol. The summed E-state index contributed by atoms with van der Waals surface area (Å²) in [5.41, 5.74) is 10.4. The van der Waals surface area contributed by atoms with E-state index in [1.807, 2.05) is 0 Å². The molecule has 5 N–H and O–H groups in total. The number of anilines is 1. The van der Waals surface area contributed by atoms with Gasteiger partial charge in [-0.05, 0) is 48.5 Å². The van der Waals surface area contributed by atoms with Gasteiger partial charge in [-0.2, -0.15) is 5.10 Å². The Labute approximate surface area is 164 Å². The Morgan fingerprint density at radius 2 is 2.07 bits per heavy atom. The largest absolute Gasteiger partial charge is 0.485 e. The number of halogens is 1. The Morgan fingerprint density at radius 3 is 2.83 bits per heavy atom. The van der Waals surface area contributed by atoms with Crippen LogP contribution in [0.25, 0.3) is 16.6 Å². The number of fused-ring (bicyclic) bond motifs is 1. The average Bonchev–Trinajstić information content (AvgIpc) is 3.26. The van der Waals surface area contributed by atoms with Gasteiger partial charge in [-0.3, -0.25) is 10.2 Å². The van der Waals surface area contributed by atoms with Gasteiger partial charge in [0.15, 0.2) is 11.6 Å². The molecule has 2 heterocycles. The number of carbonyl (C=O) groups excluding carboxylic acids is 1. The van der Waals surface area contributed by atoms with E-state index in [0.717, 1.165) is 5.69 Å². The second kappa shape index (κ2) is 7.56. The van der Waals surface area contributed by atoms with Gasteiger partial charge in [0, 0.05) is 28.9 Å². The van der Waals surface area contributed by atoms with Gasteiger partial charge in [-0.15, -0.1) is 0 Å². The molecule has 0 fully saturated rings. The third-order valence-corrected chi connectivity index (χ3v) is 4.38. The topological polar surface area (TPSA) is 121 Å². The summed E-state index contributed by atoms with van der Waals surface area (Å²) in [6.07, 6.45) is 3.42. The SMILES string of the molecule is NNC(=O)c1ccc(-n2cccn2)c(COc2cc3cc(F)ccc3nc2N)c1. The number of rotatable bonds is 5. The minimum atomic E-state index is -0.430. The predicted octanol–water partition coefficient (Wildman–Crippen LogP) is 2.32. The van der Waals surface area contributed by atoms with E-state index in [1.165, 1.54) is 12.1 Å². The lowest BCUT2D eigenvalue weighted by atomic mass is 10.1. The number of amides is 1. The van der Waals surface area contributed by atoms with Crippen molar-refractivity contribution in [2.45, 2.75) is 6.61 Å². The van der Waals surface area contributed by atoms with Gasteiger partial charge in [-0.1, -0.05) is 0 Å². The fourth-order valence-corrected chi connectivity index (χ4v) is 2.97. The van der Waals surface area contributed by atoms with Crippen LogP contribution in [0, 0.1) is 5.82 Å². The number of carbonyl (C=O) groups is 1. The van der Waals surface area contributed by atoms with E-state index in [1.54, 1.807) is 53.5 Å². The summed E-state index contributed by atoms with van der Waals surface area (Å²) in [4.78, 5) is 16.2. The molecule has 146 valence electrons. The van der Waals surface area contributed by atoms with E-state index in [0.29, 0.717) is 27.8 Å². The number of hydrogen-bond donors (Lipinski definition) is 3. The van der Waals surface area contributed by atoms with Gasteiger partial charge >= 0.3 is 0 Å². The third kappa shape index (κ3) is 3.71. The highest BCUT2D eigenvalue weighted by Crippen LogP contribution is 2.27. The quantitative estimate of drug-likeness (QED) is 0.272. The van der Waals surface area contributed by atoms with Crippen molar-refractivity contribution in [2.24, 2.45) is 5.84 Å². The molecule has 1 amide bonds. The highest BCUT2D eigenvalue weighted by molar-refractivity contribution is 5.94. The lowest BCUT2D eigenvalue weighted by molar-refractivity contribution is 0.0953. The summed E-state index contributed by atoms with van der Waals surface area (Å²) >= 11 is 0. The first-order valence-electron chi connectivity index (χ1n) is 8.67. The molecule has 0 aliphatic heterocycles. The molecule has 0 saturated carbocycles. The van der Waals surface area contributed by atoms with Crippen molar-refractivity contribution in [3.63, 3.8) is 0 Å². The van der Waals surface area contributed by atoms with Gasteiger partial charge in [-0.25, -0.2) is 19.9 Å². The van der Waals surface area contributed by atoms with Gasteiger partial charge < -0.3 is 10.5 Å². The number of pyridine rings is 1. The highest BCUT2D eigenvalue weighted by Gasteiger charge is 2.13. The molecule has 0 atom stereocenters. The second-order valence-corrected chi connectivity index (χ2v) is 6.27. The second-order valence-electron chi connectivity index (χ2n) is 6.27. The van der Waals surface area contributed by atoms with Gasteiger partial charge in [0.05, 0.1) is 11.2 Å². The summed E-state index contributed by atoms with van der Waals surface area (Å²) in [6, 6.07) is 12.7. The van der Waals surface area contributed by atoms with Crippen LogP contribution in [0.3, 0.4) is 0 Å².